The van der Waals surface area contributed by atoms with Gasteiger partial charge >= 0.3 is 0 Å². The van der Waals surface area contributed by atoms with E-state index in [2.05, 4.69) is 16.1 Å². The van der Waals surface area contributed by atoms with Crippen LogP contribution in [0, 0.1) is 0 Å². The number of amides is 1. The number of hydrogen-bond donors (Lipinski definition) is 4. The van der Waals surface area contributed by atoms with E-state index in [0.717, 1.165) is 31.5 Å². The number of hydrogen-bond acceptors (Lipinski definition) is 6. The van der Waals surface area contributed by atoms with Crippen LogP contribution in [0.3, 0.4) is 0 Å². The van der Waals surface area contributed by atoms with E-state index >= 15 is 0 Å². The molecule has 1 saturated heterocycles. The molecule has 0 unspecified atom stereocenters. The lowest BCUT2D eigenvalue weighted by molar-refractivity contribution is -0.120. The van der Waals surface area contributed by atoms with Gasteiger partial charge in [-0.1, -0.05) is 6.07 Å². The van der Waals surface area contributed by atoms with Crippen molar-refractivity contribution < 1.29 is 19.5 Å². The van der Waals surface area contributed by atoms with Crippen molar-refractivity contribution in [3.63, 3.8) is 0 Å². The summed E-state index contributed by atoms with van der Waals surface area (Å²) in [6.07, 6.45) is 3.55. The first-order valence-electron chi connectivity index (χ1n) is 7.64. The van der Waals surface area contributed by atoms with Gasteiger partial charge in [0, 0.05) is 6.54 Å². The molecular formula is C16H21N3O4. The van der Waals surface area contributed by atoms with Crippen LogP contribution in [0.5, 0.6) is 11.5 Å². The molecule has 2 aliphatic heterocycles. The summed E-state index contributed by atoms with van der Waals surface area (Å²) in [6, 6.07) is 4.97. The van der Waals surface area contributed by atoms with Crippen LogP contribution in [-0.2, 0) is 16.2 Å². The van der Waals surface area contributed by atoms with Gasteiger partial charge in [-0.3, -0.25) is 15.1 Å². The molecule has 7 heteroatoms. The van der Waals surface area contributed by atoms with Crippen molar-refractivity contribution in [1.29, 1.82) is 0 Å². The average molecular weight is 319 g/mol. The van der Waals surface area contributed by atoms with E-state index in [9.17, 15) is 9.90 Å². The second-order valence-corrected chi connectivity index (χ2v) is 5.77. The molecule has 0 bridgehead atoms. The number of ether oxygens (including phenoxy) is 1. The first-order valence-corrected chi connectivity index (χ1v) is 7.64. The topological polar surface area (TPSA) is 91.9 Å². The minimum Gasteiger partial charge on any atom is -0.504 e. The molecule has 1 fully saturated rings. The van der Waals surface area contributed by atoms with E-state index < -0.39 is 0 Å². The van der Waals surface area contributed by atoms with E-state index in [1.54, 1.807) is 18.2 Å². The maximum absolute atomic E-state index is 12.2. The maximum atomic E-state index is 12.2. The molecule has 2 aliphatic rings. The lowest BCUT2D eigenvalue weighted by Gasteiger charge is -2.29. The van der Waals surface area contributed by atoms with Gasteiger partial charge in [0.05, 0.1) is 7.11 Å². The summed E-state index contributed by atoms with van der Waals surface area (Å²) in [4.78, 5) is 17.9. The molecule has 2 heterocycles. The highest BCUT2D eigenvalue weighted by Gasteiger charge is 2.37. The third-order valence-electron chi connectivity index (χ3n) is 4.16. The summed E-state index contributed by atoms with van der Waals surface area (Å²) >= 11 is 0. The number of benzene rings is 1. The Balaban J connectivity index is 1.60. The SMILES string of the molecule is COc1cc(CNC(=O)C2=CC3(CCNCC3)ON2)ccc1O. The molecule has 124 valence electrons. The minimum absolute atomic E-state index is 0.0731. The summed E-state index contributed by atoms with van der Waals surface area (Å²) in [5, 5.41) is 15.7. The van der Waals surface area contributed by atoms with Crippen molar-refractivity contribution in [2.75, 3.05) is 20.2 Å². The molecule has 0 atom stereocenters. The van der Waals surface area contributed by atoms with E-state index in [1.807, 2.05) is 6.08 Å². The first-order chi connectivity index (χ1) is 11.1. The minimum atomic E-state index is -0.375. The van der Waals surface area contributed by atoms with E-state index in [0.29, 0.717) is 18.0 Å². The van der Waals surface area contributed by atoms with Crippen LogP contribution in [0.15, 0.2) is 30.0 Å². The summed E-state index contributed by atoms with van der Waals surface area (Å²) in [5.74, 6) is 0.239. The molecule has 23 heavy (non-hydrogen) atoms. The van der Waals surface area contributed by atoms with Gasteiger partial charge in [-0.05, 0) is 49.7 Å². The second kappa shape index (κ2) is 6.47. The van der Waals surface area contributed by atoms with E-state index in [-0.39, 0.29) is 17.3 Å². The molecule has 7 nitrogen and oxygen atoms in total. The monoisotopic (exact) mass is 319 g/mol. The van der Waals surface area contributed by atoms with Crippen LogP contribution < -0.4 is 20.9 Å². The highest BCUT2D eigenvalue weighted by molar-refractivity contribution is 5.93. The molecule has 3 rings (SSSR count). The smallest absolute Gasteiger partial charge is 0.269 e. The summed E-state index contributed by atoms with van der Waals surface area (Å²) < 4.78 is 5.06. The Morgan fingerprint density at radius 3 is 2.96 bits per heavy atom. The molecule has 0 aromatic heterocycles. The number of hydroxylamine groups is 1. The highest BCUT2D eigenvalue weighted by atomic mass is 16.7. The van der Waals surface area contributed by atoms with E-state index in [1.165, 1.54) is 7.11 Å². The average Bonchev–Trinajstić information content (AvgIpc) is 2.98. The quantitative estimate of drug-likeness (QED) is 0.648. The summed E-state index contributed by atoms with van der Waals surface area (Å²) in [5.41, 5.74) is 3.65. The number of carbonyl (C=O) groups is 1. The number of rotatable bonds is 4. The molecule has 1 aromatic rings. The van der Waals surface area contributed by atoms with Gasteiger partial charge in [0.1, 0.15) is 11.3 Å². The van der Waals surface area contributed by atoms with Gasteiger partial charge in [-0.15, -0.1) is 0 Å². The standard InChI is InChI=1S/C16H21N3O4/c1-22-14-8-11(2-3-13(14)20)10-18-15(21)12-9-16(23-19-12)4-6-17-7-5-16/h2-3,8-9,17,19-20H,4-7,10H2,1H3,(H,18,21). The number of phenolic OH excluding ortho intramolecular Hbond substituents is 1. The van der Waals surface area contributed by atoms with Crippen LogP contribution in [0.2, 0.25) is 0 Å². The number of phenols is 1. The van der Waals surface area contributed by atoms with E-state index in [4.69, 9.17) is 9.57 Å². The molecule has 1 aromatic carbocycles. The lowest BCUT2D eigenvalue weighted by atomic mass is 9.92. The molecule has 1 spiro atoms. The zero-order valence-electron chi connectivity index (χ0n) is 13.0. The molecule has 0 aliphatic carbocycles. The first kappa shape index (κ1) is 15.6. The Morgan fingerprint density at radius 1 is 1.43 bits per heavy atom. The largest absolute Gasteiger partial charge is 0.504 e. The number of nitrogens with one attached hydrogen (secondary N) is 3. The zero-order chi connectivity index (χ0) is 16.3. The van der Waals surface area contributed by atoms with Crippen molar-refractivity contribution in [2.24, 2.45) is 0 Å². The molecule has 0 saturated carbocycles. The Morgan fingerprint density at radius 2 is 2.22 bits per heavy atom. The van der Waals surface area contributed by atoms with Gasteiger partial charge in [0.15, 0.2) is 11.5 Å². The summed E-state index contributed by atoms with van der Waals surface area (Å²) in [6.45, 7) is 2.09. The van der Waals surface area contributed by atoms with Crippen LogP contribution in [-0.4, -0.2) is 36.8 Å². The van der Waals surface area contributed by atoms with Gasteiger partial charge < -0.3 is 20.5 Å². The lowest BCUT2D eigenvalue weighted by Crippen LogP contribution is -2.42. The van der Waals surface area contributed by atoms with Crippen molar-refractivity contribution in [3.05, 3.63) is 35.5 Å². The van der Waals surface area contributed by atoms with Crippen LogP contribution in [0.1, 0.15) is 18.4 Å². The Labute approximate surface area is 134 Å². The number of piperidine rings is 1. The predicted octanol–water partition coefficient (Wildman–Crippen LogP) is 0.558. The van der Waals surface area contributed by atoms with Crippen molar-refractivity contribution in [1.82, 2.24) is 16.1 Å². The van der Waals surface area contributed by atoms with Crippen LogP contribution in [0.25, 0.3) is 0 Å². The number of aromatic hydroxyl groups is 1. The Hall–Kier alpha value is -2.25. The molecule has 0 radical (unpaired) electrons. The van der Waals surface area contributed by atoms with Crippen molar-refractivity contribution in [3.8, 4) is 11.5 Å². The van der Waals surface area contributed by atoms with Gasteiger partial charge in [0.2, 0.25) is 0 Å². The Bertz CT molecular complexity index is 624. The van der Waals surface area contributed by atoms with Gasteiger partial charge in [-0.25, -0.2) is 0 Å². The number of methoxy groups -OCH3 is 1. The molecular weight excluding hydrogens is 298 g/mol. The Kier molecular flexibility index (Phi) is 4.40. The summed E-state index contributed by atoms with van der Waals surface area (Å²) in [7, 11) is 1.49. The fourth-order valence-electron chi connectivity index (χ4n) is 2.80. The second-order valence-electron chi connectivity index (χ2n) is 5.77. The fourth-order valence-corrected chi connectivity index (χ4v) is 2.80. The third-order valence-corrected chi connectivity index (χ3v) is 4.16. The predicted molar refractivity (Wildman–Crippen MR) is 83.6 cm³/mol. The fraction of sp³-hybridized carbons (Fsp3) is 0.438. The van der Waals surface area contributed by atoms with Crippen LogP contribution in [0.4, 0.5) is 0 Å². The highest BCUT2D eigenvalue weighted by Crippen LogP contribution is 2.29. The third kappa shape index (κ3) is 3.40. The van der Waals surface area contributed by atoms with Crippen LogP contribution >= 0.6 is 0 Å². The van der Waals surface area contributed by atoms with Crippen molar-refractivity contribution in [2.45, 2.75) is 25.0 Å². The zero-order valence-corrected chi connectivity index (χ0v) is 13.0. The molecule has 4 N–H and O–H groups in total. The number of carbonyl (C=O) groups excluding carboxylic acids is 1. The molecule has 1 amide bonds. The normalized spacial score (nSPS) is 19.1. The van der Waals surface area contributed by atoms with Gasteiger partial charge in [-0.2, -0.15) is 0 Å². The van der Waals surface area contributed by atoms with Crippen molar-refractivity contribution >= 4 is 5.91 Å². The maximum Gasteiger partial charge on any atom is 0.269 e. The van der Waals surface area contributed by atoms with Gasteiger partial charge in [0.25, 0.3) is 5.91 Å².